The van der Waals surface area contributed by atoms with Crippen LogP contribution < -0.4 is 22.1 Å². The van der Waals surface area contributed by atoms with Crippen molar-refractivity contribution >= 4 is 14.1 Å². The number of aldehydes is 1. The van der Waals surface area contributed by atoms with Gasteiger partial charge in [-0.3, -0.25) is 0 Å². The molecule has 0 fully saturated rings. The topological polar surface area (TPSA) is 240 Å². The quantitative estimate of drug-likeness (QED) is 0.149. The number of aliphatic hydroxyl groups is 4. The van der Waals surface area contributed by atoms with E-state index in [9.17, 15) is 19.1 Å². The molecule has 0 radical (unpaired) electrons. The minimum Gasteiger partial charge on any atom is -0.790 e. The molecule has 0 bridgehead atoms. The number of aliphatic hydroxyl groups excluding tert-OH is 4. The monoisotopic (exact) mass is 487 g/mol. The van der Waals surface area contributed by atoms with Gasteiger partial charge in [0.1, 0.15) is 24.4 Å². The Morgan fingerprint density at radius 1 is 1.11 bits per heavy atom. The zero-order chi connectivity index (χ0) is 12.9. The summed E-state index contributed by atoms with van der Waals surface area (Å²) in [5.41, 5.74) is 0. The average Bonchev–Trinajstić information content (AvgIpc) is 2.21. The summed E-state index contributed by atoms with van der Waals surface area (Å²) >= 11 is 0. The molecule has 0 amide bonds. The molecule has 0 rings (SSSR count). The fourth-order valence-corrected chi connectivity index (χ4v) is 1.11. The number of carbonyl (C=O) groups excluding carboxylic acids is 1. The maximum absolute atomic E-state index is 10.0. The van der Waals surface area contributed by atoms with Gasteiger partial charge in [0.25, 0.3) is 0 Å². The van der Waals surface area contributed by atoms with E-state index in [-0.39, 0.29) is 39.7 Å². The van der Waals surface area contributed by atoms with E-state index in [1.54, 1.807) is 0 Å². The molecule has 0 aromatic carbocycles. The zero-order valence-corrected chi connectivity index (χ0v) is 12.8. The van der Waals surface area contributed by atoms with Crippen LogP contribution in [0.25, 0.3) is 0 Å². The van der Waals surface area contributed by atoms with Gasteiger partial charge in [0.15, 0.2) is 6.29 Å². The van der Waals surface area contributed by atoms with Gasteiger partial charge in [0.05, 0.1) is 14.4 Å². The molecule has 0 aliphatic carbocycles. The molecular formula is C6H17N2O9PPt. The predicted molar refractivity (Wildman–Crippen MR) is 53.7 cm³/mol. The van der Waals surface area contributed by atoms with Gasteiger partial charge in [-0.2, -0.15) is 0 Å². The van der Waals surface area contributed by atoms with E-state index in [0.29, 0.717) is 0 Å². The number of hydrogen-bond acceptors (Lipinski definition) is 11. The van der Waals surface area contributed by atoms with Gasteiger partial charge in [-0.25, -0.2) is 0 Å². The van der Waals surface area contributed by atoms with E-state index in [1.807, 2.05) is 0 Å². The van der Waals surface area contributed by atoms with Crippen LogP contribution in [0.15, 0.2) is 0 Å². The average molecular weight is 487 g/mol. The molecule has 0 aliphatic heterocycles. The maximum atomic E-state index is 10.0. The van der Waals surface area contributed by atoms with Crippen molar-refractivity contribution in [1.29, 1.82) is 0 Å². The Morgan fingerprint density at radius 2 is 1.53 bits per heavy atom. The largest absolute Gasteiger partial charge is 2.00 e. The smallest absolute Gasteiger partial charge is 0.790 e. The zero-order valence-electron chi connectivity index (χ0n) is 9.60. The molecule has 0 saturated carbocycles. The van der Waals surface area contributed by atoms with Gasteiger partial charge in [0, 0.05) is 0 Å². The number of phosphoric acid groups is 1. The summed E-state index contributed by atoms with van der Waals surface area (Å²) in [5.74, 6) is 0. The first-order valence-electron chi connectivity index (χ1n) is 4.03. The van der Waals surface area contributed by atoms with Crippen LogP contribution >= 0.6 is 7.82 Å². The van der Waals surface area contributed by atoms with Gasteiger partial charge in [-0.15, -0.1) is 0 Å². The van der Waals surface area contributed by atoms with E-state index in [0.717, 1.165) is 0 Å². The van der Waals surface area contributed by atoms with Crippen LogP contribution in [0.1, 0.15) is 0 Å². The number of rotatable bonds is 7. The minimum absolute atomic E-state index is 0. The summed E-state index contributed by atoms with van der Waals surface area (Å²) in [6.45, 7) is -1.09. The molecular weight excluding hydrogens is 470 g/mol. The Morgan fingerprint density at radius 3 is 1.84 bits per heavy atom. The molecule has 13 heteroatoms. The summed E-state index contributed by atoms with van der Waals surface area (Å²) in [7, 11) is -5.30. The first-order valence-corrected chi connectivity index (χ1v) is 5.49. The van der Waals surface area contributed by atoms with Crippen molar-refractivity contribution < 1.29 is 65.2 Å². The van der Waals surface area contributed by atoms with E-state index in [4.69, 9.17) is 20.4 Å². The fraction of sp³-hybridized carbons (Fsp3) is 0.833. The van der Waals surface area contributed by atoms with Crippen LogP contribution in [-0.4, -0.2) is 57.7 Å². The Labute approximate surface area is 123 Å². The molecule has 19 heavy (non-hydrogen) atoms. The second-order valence-electron chi connectivity index (χ2n) is 2.92. The minimum atomic E-state index is -5.30. The Bertz CT molecular complexity index is 277. The van der Waals surface area contributed by atoms with Crippen LogP contribution in [0.3, 0.4) is 0 Å². The molecule has 0 spiro atoms. The second kappa shape index (κ2) is 12.0. The number of carbonyl (C=O) groups is 1. The van der Waals surface area contributed by atoms with Gasteiger partial charge >= 0.3 is 21.1 Å². The number of hydrogen-bond donors (Lipinski definition) is 6. The van der Waals surface area contributed by atoms with Crippen molar-refractivity contribution in [2.24, 2.45) is 0 Å². The van der Waals surface area contributed by atoms with Crippen molar-refractivity contribution in [2.75, 3.05) is 6.61 Å². The molecule has 0 aliphatic rings. The van der Waals surface area contributed by atoms with Crippen LogP contribution in [-0.2, 0) is 34.9 Å². The van der Waals surface area contributed by atoms with E-state index < -0.39 is 38.8 Å². The third-order valence-corrected chi connectivity index (χ3v) is 2.10. The van der Waals surface area contributed by atoms with Gasteiger partial charge in [-0.1, -0.05) is 0 Å². The van der Waals surface area contributed by atoms with Crippen molar-refractivity contribution in [1.82, 2.24) is 12.3 Å². The van der Waals surface area contributed by atoms with E-state index >= 15 is 0 Å². The molecule has 10 N–H and O–H groups in total. The first-order chi connectivity index (χ1) is 7.19. The van der Waals surface area contributed by atoms with Crippen LogP contribution in [0.5, 0.6) is 0 Å². The second-order valence-corrected chi connectivity index (χ2v) is 4.07. The maximum Gasteiger partial charge on any atom is 2.00 e. The van der Waals surface area contributed by atoms with Crippen molar-refractivity contribution in [3.8, 4) is 0 Å². The molecule has 0 heterocycles. The van der Waals surface area contributed by atoms with Crippen LogP contribution in [0.2, 0.25) is 0 Å². The molecule has 120 valence electrons. The van der Waals surface area contributed by atoms with Crippen LogP contribution in [0, 0.1) is 0 Å². The van der Waals surface area contributed by atoms with Crippen molar-refractivity contribution in [3.05, 3.63) is 0 Å². The third kappa shape index (κ3) is 11.7. The predicted octanol–water partition coefficient (Wildman–Crippen LogP) is -4.20. The third-order valence-electron chi connectivity index (χ3n) is 1.64. The summed E-state index contributed by atoms with van der Waals surface area (Å²) < 4.78 is 13.6. The molecule has 0 saturated heterocycles. The summed E-state index contributed by atoms with van der Waals surface area (Å²) in [6, 6.07) is 0. The summed E-state index contributed by atoms with van der Waals surface area (Å²) in [6.07, 6.45) is -8.04. The van der Waals surface area contributed by atoms with E-state index in [2.05, 4.69) is 4.52 Å². The van der Waals surface area contributed by atoms with Crippen molar-refractivity contribution in [2.45, 2.75) is 24.4 Å². The normalized spacial score (nSPS) is 16.7. The van der Waals surface area contributed by atoms with Crippen LogP contribution in [0.4, 0.5) is 0 Å². The van der Waals surface area contributed by atoms with Gasteiger partial charge in [0.2, 0.25) is 0 Å². The Balaban J connectivity index is -0.000000375. The summed E-state index contributed by atoms with van der Waals surface area (Å²) in [5, 5.41) is 35.9. The molecule has 0 unspecified atom stereocenters. The van der Waals surface area contributed by atoms with Gasteiger partial charge < -0.3 is 56.4 Å². The standard InChI is InChI=1S/C6H13O9P.2H3N.Pt/c7-1-3(8)5(10)6(11)4(9)2-15-16(12,13)14;;;/h1,3-6,8-11H,2H2,(H2,12,13,14);2*1H3;/q;;;+2/p-2/t3-,4+,5+,6+;;;/m0.../s1. The molecule has 0 aromatic heterocycles. The van der Waals surface area contributed by atoms with Crippen molar-refractivity contribution in [3.63, 3.8) is 0 Å². The number of phosphoric ester groups is 1. The summed E-state index contributed by atoms with van der Waals surface area (Å²) in [4.78, 5) is 30.0. The molecule has 0 aromatic rings. The van der Waals surface area contributed by atoms with Gasteiger partial charge in [-0.05, 0) is 0 Å². The SMILES string of the molecule is N.N.O=C[C@H](O)[C@@H](O)[C@H](O)[C@H](O)COP(=O)([O-])[O-].[Pt+2]. The molecule has 4 atom stereocenters. The Hall–Kier alpha value is 0.228. The molecule has 11 nitrogen and oxygen atoms in total. The first kappa shape index (κ1) is 27.6. The van der Waals surface area contributed by atoms with E-state index in [1.165, 1.54) is 0 Å². The fourth-order valence-electron chi connectivity index (χ4n) is 0.776. The Kier molecular flexibility index (Phi) is 17.4.